The fourth-order valence-corrected chi connectivity index (χ4v) is 10.5. The molecule has 289 valence electrons. The van der Waals surface area contributed by atoms with Gasteiger partial charge in [-0.2, -0.15) is 0 Å². The number of hydrogen-bond donors (Lipinski definition) is 0. The standard InChI is InChI=1S/C30H26N3O.C19H26GeN.Ir/c1-19(2)20(3)25-17-16-23-22-12-9-13-24(28(22)34-30(23)32-25)29-31-26-14-7-8-15-27(26)33(29)18-21-10-5-4-6-11-21;1-19(2,3)13-16-12-18(15-10-8-7-9-11-15)21-14-17(16)20(4,5)6;/h4-12,14-17,19-20H,18H2,1-3H3;7-10,12,14H,13H2,1-6H3;/q2*-1;. The molecule has 0 fully saturated rings. The number of rotatable bonds is 8. The summed E-state index contributed by atoms with van der Waals surface area (Å²) in [6.45, 7) is 14.3. The summed E-state index contributed by atoms with van der Waals surface area (Å²) in [5.41, 5.74) is 10.6. The first-order valence-corrected chi connectivity index (χ1v) is 26.8. The van der Waals surface area contributed by atoms with Crippen molar-refractivity contribution >= 4 is 50.8 Å². The third-order valence-electron chi connectivity index (χ3n) is 10.4. The second-order valence-electron chi connectivity index (χ2n) is 17.3. The van der Waals surface area contributed by atoms with Crippen molar-refractivity contribution in [2.45, 2.75) is 77.7 Å². The Bertz CT molecular complexity index is 2560. The van der Waals surface area contributed by atoms with Gasteiger partial charge in [-0.3, -0.25) is 4.98 Å². The maximum Gasteiger partial charge on any atom is 0.216 e. The van der Waals surface area contributed by atoms with Crippen LogP contribution in [0.25, 0.3) is 55.7 Å². The van der Waals surface area contributed by atoms with Gasteiger partial charge in [-0.25, -0.2) is 4.98 Å². The minimum Gasteiger partial charge on any atom is -0.486 e. The van der Waals surface area contributed by atoms with Gasteiger partial charge < -0.3 is 8.98 Å². The number of furan rings is 1. The fourth-order valence-electron chi connectivity index (χ4n) is 7.18. The molecule has 0 aliphatic carbocycles. The third-order valence-corrected chi connectivity index (χ3v) is 14.7. The zero-order valence-electron chi connectivity index (χ0n) is 34.1. The van der Waals surface area contributed by atoms with Gasteiger partial charge in [0.2, 0.25) is 5.71 Å². The van der Waals surface area contributed by atoms with Crippen molar-refractivity contribution < 1.29 is 24.5 Å². The minimum absolute atomic E-state index is 0. The van der Waals surface area contributed by atoms with Gasteiger partial charge in [0.1, 0.15) is 0 Å². The summed E-state index contributed by atoms with van der Waals surface area (Å²) in [6.07, 6.45) is 3.24. The number of fused-ring (bicyclic) bond motifs is 4. The first-order valence-electron chi connectivity index (χ1n) is 19.5. The van der Waals surface area contributed by atoms with E-state index >= 15 is 0 Å². The molecule has 0 saturated carbocycles. The van der Waals surface area contributed by atoms with E-state index in [1.807, 2.05) is 36.4 Å². The van der Waals surface area contributed by atoms with Crippen LogP contribution in [0.1, 0.15) is 64.3 Å². The number of pyridine rings is 2. The normalized spacial score (nSPS) is 12.5. The van der Waals surface area contributed by atoms with Crippen molar-refractivity contribution in [2.75, 3.05) is 0 Å². The second kappa shape index (κ2) is 17.0. The van der Waals surface area contributed by atoms with E-state index in [1.165, 1.54) is 15.5 Å². The molecule has 0 spiro atoms. The van der Waals surface area contributed by atoms with E-state index in [2.05, 4.69) is 155 Å². The van der Waals surface area contributed by atoms with Gasteiger partial charge in [-0.15, -0.1) is 18.2 Å². The summed E-state index contributed by atoms with van der Waals surface area (Å²) in [5, 5.41) is 2.06. The topological polar surface area (TPSA) is 56.7 Å². The Hall–Kier alpha value is -4.36. The number of imidazole rings is 1. The van der Waals surface area contributed by atoms with Crippen molar-refractivity contribution in [1.29, 1.82) is 0 Å². The molecule has 56 heavy (non-hydrogen) atoms. The predicted molar refractivity (Wildman–Crippen MR) is 233 cm³/mol. The van der Waals surface area contributed by atoms with Crippen molar-refractivity contribution in [3.8, 4) is 22.6 Å². The molecule has 7 heteroatoms. The first kappa shape index (κ1) is 41.3. The molecule has 1 atom stereocenters. The molecule has 0 aliphatic heterocycles. The number of benzene rings is 4. The van der Waals surface area contributed by atoms with E-state index in [0.717, 1.165) is 68.7 Å². The van der Waals surface area contributed by atoms with Crippen LogP contribution < -0.4 is 4.40 Å². The Morgan fingerprint density at radius 3 is 2.21 bits per heavy atom. The van der Waals surface area contributed by atoms with Gasteiger partial charge in [-0.05, 0) is 35.7 Å². The Labute approximate surface area is 348 Å². The van der Waals surface area contributed by atoms with Gasteiger partial charge in [-0.1, -0.05) is 74.2 Å². The molecule has 1 radical (unpaired) electrons. The molecule has 4 aromatic heterocycles. The van der Waals surface area contributed by atoms with E-state index < -0.39 is 13.3 Å². The molecule has 0 bridgehead atoms. The van der Waals surface area contributed by atoms with Gasteiger partial charge in [0.05, 0.1) is 22.4 Å². The summed E-state index contributed by atoms with van der Waals surface area (Å²) in [4.78, 5) is 14.6. The summed E-state index contributed by atoms with van der Waals surface area (Å²) >= 11 is -1.90. The molecule has 5 nitrogen and oxygen atoms in total. The van der Waals surface area contributed by atoms with Crippen LogP contribution in [0.2, 0.25) is 17.3 Å². The van der Waals surface area contributed by atoms with E-state index in [9.17, 15) is 0 Å². The Balaban J connectivity index is 0.000000209. The molecule has 4 aromatic carbocycles. The molecule has 4 heterocycles. The van der Waals surface area contributed by atoms with Crippen molar-refractivity contribution in [3.63, 3.8) is 0 Å². The maximum atomic E-state index is 6.41. The van der Waals surface area contributed by atoms with Crippen LogP contribution in [-0.2, 0) is 33.1 Å². The number of aromatic nitrogens is 4. The van der Waals surface area contributed by atoms with E-state index in [1.54, 1.807) is 0 Å². The zero-order chi connectivity index (χ0) is 38.9. The van der Waals surface area contributed by atoms with Crippen molar-refractivity contribution in [3.05, 3.63) is 144 Å². The predicted octanol–water partition coefficient (Wildman–Crippen LogP) is 12.3. The van der Waals surface area contributed by atoms with Gasteiger partial charge in [0, 0.05) is 43.6 Å². The second-order valence-corrected chi connectivity index (χ2v) is 27.9. The molecule has 0 amide bonds. The van der Waals surface area contributed by atoms with Crippen LogP contribution in [0.15, 0.2) is 120 Å². The molecule has 0 N–H and O–H groups in total. The van der Waals surface area contributed by atoms with Crippen LogP contribution >= 0.6 is 0 Å². The van der Waals surface area contributed by atoms with Crippen molar-refractivity contribution in [1.82, 2.24) is 19.5 Å². The van der Waals surface area contributed by atoms with Crippen molar-refractivity contribution in [2.24, 2.45) is 11.3 Å². The molecular formula is C49H52GeIrN4O-2. The summed E-state index contributed by atoms with van der Waals surface area (Å²) in [5.74, 6) is 9.05. The quantitative estimate of drug-likeness (QED) is 0.112. The van der Waals surface area contributed by atoms with E-state index in [0.29, 0.717) is 23.0 Å². The largest absolute Gasteiger partial charge is 0.486 e. The number of nitrogens with zero attached hydrogens (tertiary/aromatic N) is 4. The average Bonchev–Trinajstić information content (AvgIpc) is 3.72. The Morgan fingerprint density at radius 2 is 1.52 bits per heavy atom. The first-order chi connectivity index (χ1) is 26.3. The third kappa shape index (κ3) is 9.09. The number of hydrogen-bond acceptors (Lipinski definition) is 4. The summed E-state index contributed by atoms with van der Waals surface area (Å²) < 4.78 is 10.2. The van der Waals surface area contributed by atoms with Crippen LogP contribution in [0, 0.1) is 23.5 Å². The van der Waals surface area contributed by atoms with Crippen LogP contribution in [-0.4, -0.2) is 32.8 Å². The Morgan fingerprint density at radius 1 is 0.786 bits per heavy atom. The van der Waals surface area contributed by atoms with Gasteiger partial charge >= 0.3 is 132 Å². The maximum absolute atomic E-state index is 6.41. The van der Waals surface area contributed by atoms with E-state index in [-0.39, 0.29) is 20.1 Å². The van der Waals surface area contributed by atoms with Gasteiger partial charge in [0.15, 0.2) is 0 Å². The minimum atomic E-state index is -1.90. The molecule has 8 rings (SSSR count). The molecule has 8 aromatic rings. The molecule has 1 unspecified atom stereocenters. The Kier molecular flexibility index (Phi) is 12.5. The average molecular weight is 978 g/mol. The zero-order valence-corrected chi connectivity index (χ0v) is 38.6. The summed E-state index contributed by atoms with van der Waals surface area (Å²) in [7, 11) is 0. The van der Waals surface area contributed by atoms with Crippen LogP contribution in [0.4, 0.5) is 0 Å². The van der Waals surface area contributed by atoms with Gasteiger partial charge in [0.25, 0.3) is 0 Å². The van der Waals surface area contributed by atoms with E-state index in [4.69, 9.17) is 19.4 Å². The SMILES string of the molecule is CC(C)(C)Cc1cc(-c2[c-]cccc2)nc[c]1[Ge]([CH3])([CH3])[CH3].CC(C)C(C)c1ccc2c(n1)oc1c(-c3nc4ccccc4n3Cc3ccccc3)[c-]ccc12.[Ir]. The van der Waals surface area contributed by atoms with Crippen LogP contribution in [0.5, 0.6) is 0 Å². The molecular weight excluding hydrogens is 925 g/mol. The molecule has 0 aliphatic rings. The fraction of sp³-hybridized carbons (Fsp3) is 0.286. The smallest absolute Gasteiger partial charge is 0.216 e. The molecule has 0 saturated heterocycles. The monoisotopic (exact) mass is 979 g/mol. The van der Waals surface area contributed by atoms with Crippen LogP contribution in [0.3, 0.4) is 0 Å². The number of para-hydroxylation sites is 2. The summed E-state index contributed by atoms with van der Waals surface area (Å²) in [6, 6.07) is 44.1.